The van der Waals surface area contributed by atoms with Gasteiger partial charge in [0.15, 0.2) is 0 Å². The van der Waals surface area contributed by atoms with E-state index in [1.807, 2.05) is 56.3 Å². The number of fused-ring (bicyclic) bond motifs is 1. The van der Waals surface area contributed by atoms with Crippen molar-refractivity contribution >= 4 is 29.6 Å². The minimum absolute atomic E-state index is 0.134. The molecule has 2 heterocycles. The van der Waals surface area contributed by atoms with Crippen molar-refractivity contribution in [1.82, 2.24) is 15.6 Å². The van der Waals surface area contributed by atoms with Crippen LogP contribution in [0.25, 0.3) is 0 Å². The van der Waals surface area contributed by atoms with Crippen LogP contribution in [0.4, 0.5) is 11.5 Å². The van der Waals surface area contributed by atoms with Crippen LogP contribution in [0.5, 0.6) is 0 Å². The standard InChI is InChI=1S/C28H37N5O3/c1-3-31-28(2,19-34)18-30-24(20-11-6-4-7-12-20)27(36)33-23(17-21-13-10-16-29-25(21)33)26(35)32-22-14-8-5-9-15-22/h5,8-10,13-16,19-20,23-24,30-31H,3-4,6-7,11-12,17-18H2,1-2H3,(H,32,35). The van der Waals surface area contributed by atoms with Gasteiger partial charge in [-0.25, -0.2) is 4.98 Å². The first-order chi connectivity index (χ1) is 17.5. The Balaban J connectivity index is 1.62. The summed E-state index contributed by atoms with van der Waals surface area (Å²) in [5.74, 6) is 0.287. The predicted octanol–water partition coefficient (Wildman–Crippen LogP) is 3.08. The quantitative estimate of drug-likeness (QED) is 0.442. The van der Waals surface area contributed by atoms with E-state index in [9.17, 15) is 14.4 Å². The van der Waals surface area contributed by atoms with Gasteiger partial charge in [0.25, 0.3) is 0 Å². The Hall–Kier alpha value is -3.10. The fourth-order valence-corrected chi connectivity index (χ4v) is 5.41. The molecule has 2 amide bonds. The van der Waals surface area contributed by atoms with Crippen LogP contribution < -0.4 is 20.9 Å². The van der Waals surface area contributed by atoms with E-state index in [0.29, 0.717) is 31.0 Å². The largest absolute Gasteiger partial charge is 0.324 e. The molecule has 0 spiro atoms. The number of benzene rings is 1. The second kappa shape index (κ2) is 11.8. The Labute approximate surface area is 213 Å². The number of rotatable bonds is 10. The number of nitrogens with one attached hydrogen (secondary N) is 3. The highest BCUT2D eigenvalue weighted by Gasteiger charge is 2.44. The zero-order valence-electron chi connectivity index (χ0n) is 21.2. The summed E-state index contributed by atoms with van der Waals surface area (Å²) in [6.45, 7) is 4.75. The van der Waals surface area contributed by atoms with Gasteiger partial charge >= 0.3 is 0 Å². The molecule has 1 aromatic carbocycles. The maximum absolute atomic E-state index is 14.3. The molecule has 8 nitrogen and oxygen atoms in total. The topological polar surface area (TPSA) is 103 Å². The summed E-state index contributed by atoms with van der Waals surface area (Å²) in [6, 6.07) is 11.8. The number of pyridine rings is 1. The van der Waals surface area contributed by atoms with Crippen LogP contribution in [0.3, 0.4) is 0 Å². The molecule has 1 fully saturated rings. The highest BCUT2D eigenvalue weighted by Crippen LogP contribution is 2.34. The van der Waals surface area contributed by atoms with Crippen molar-refractivity contribution in [3.63, 3.8) is 0 Å². The summed E-state index contributed by atoms with van der Waals surface area (Å²) < 4.78 is 0. The zero-order valence-corrected chi connectivity index (χ0v) is 21.2. The molecular weight excluding hydrogens is 454 g/mol. The number of hydrogen-bond acceptors (Lipinski definition) is 6. The van der Waals surface area contributed by atoms with Crippen LogP contribution in [0.2, 0.25) is 0 Å². The number of aromatic nitrogens is 1. The molecular formula is C28H37N5O3. The summed E-state index contributed by atoms with van der Waals surface area (Å²) >= 11 is 0. The second-order valence-corrected chi connectivity index (χ2v) is 10.1. The number of carbonyl (C=O) groups is 3. The number of para-hydroxylation sites is 1. The van der Waals surface area contributed by atoms with Crippen LogP contribution in [0.15, 0.2) is 48.7 Å². The Morgan fingerprint density at radius 2 is 1.89 bits per heavy atom. The summed E-state index contributed by atoms with van der Waals surface area (Å²) in [4.78, 5) is 45.7. The molecule has 4 rings (SSSR count). The number of amides is 2. The third-order valence-corrected chi connectivity index (χ3v) is 7.32. The summed E-state index contributed by atoms with van der Waals surface area (Å²) in [7, 11) is 0. The van der Waals surface area contributed by atoms with Crippen molar-refractivity contribution in [3.8, 4) is 0 Å². The molecule has 8 heteroatoms. The maximum Gasteiger partial charge on any atom is 0.247 e. The molecule has 192 valence electrons. The van der Waals surface area contributed by atoms with E-state index in [2.05, 4.69) is 20.9 Å². The van der Waals surface area contributed by atoms with Gasteiger partial charge in [0.05, 0.1) is 11.6 Å². The van der Waals surface area contributed by atoms with Gasteiger partial charge in [-0.05, 0) is 56.0 Å². The van der Waals surface area contributed by atoms with Crippen molar-refractivity contribution < 1.29 is 14.4 Å². The molecule has 1 aliphatic carbocycles. The fourth-order valence-electron chi connectivity index (χ4n) is 5.41. The molecule has 0 radical (unpaired) electrons. The first kappa shape index (κ1) is 26.0. The molecule has 3 N–H and O–H groups in total. The first-order valence-electron chi connectivity index (χ1n) is 13.0. The number of carbonyl (C=O) groups excluding carboxylic acids is 3. The normalized spacial score (nSPS) is 20.3. The van der Waals surface area contributed by atoms with Gasteiger partial charge < -0.3 is 20.7 Å². The highest BCUT2D eigenvalue weighted by atomic mass is 16.2. The third kappa shape index (κ3) is 5.82. The molecule has 0 bridgehead atoms. The van der Waals surface area contributed by atoms with E-state index in [4.69, 9.17) is 0 Å². The third-order valence-electron chi connectivity index (χ3n) is 7.32. The van der Waals surface area contributed by atoms with E-state index < -0.39 is 17.6 Å². The molecule has 2 aliphatic rings. The average molecular weight is 492 g/mol. The highest BCUT2D eigenvalue weighted by molar-refractivity contribution is 6.08. The average Bonchev–Trinajstić information content (AvgIpc) is 3.30. The lowest BCUT2D eigenvalue weighted by Gasteiger charge is -2.36. The van der Waals surface area contributed by atoms with E-state index in [1.54, 1.807) is 11.1 Å². The fraction of sp³-hybridized carbons (Fsp3) is 0.500. The number of aldehydes is 1. The minimum atomic E-state index is -0.785. The molecule has 2 aromatic rings. The van der Waals surface area contributed by atoms with Gasteiger partial charge in [0.1, 0.15) is 18.1 Å². The summed E-state index contributed by atoms with van der Waals surface area (Å²) in [5, 5.41) is 9.62. The van der Waals surface area contributed by atoms with E-state index in [0.717, 1.165) is 44.0 Å². The Morgan fingerprint density at radius 3 is 2.58 bits per heavy atom. The molecule has 1 aliphatic heterocycles. The monoisotopic (exact) mass is 491 g/mol. The van der Waals surface area contributed by atoms with Crippen molar-refractivity contribution in [2.75, 3.05) is 23.3 Å². The number of nitrogens with zero attached hydrogens (tertiary/aromatic N) is 2. The lowest BCUT2D eigenvalue weighted by atomic mass is 9.83. The van der Waals surface area contributed by atoms with Gasteiger partial charge in [-0.3, -0.25) is 14.5 Å². The SMILES string of the molecule is CCNC(C)(C=O)CNC(C(=O)N1c2ncccc2CC1C(=O)Nc1ccccc1)C1CCCCC1. The van der Waals surface area contributed by atoms with Gasteiger partial charge in [0.2, 0.25) is 11.8 Å². The number of hydrogen-bond donors (Lipinski definition) is 3. The number of likely N-dealkylation sites (N-methyl/N-ethyl adjacent to an activating group) is 1. The van der Waals surface area contributed by atoms with Crippen LogP contribution >= 0.6 is 0 Å². The molecule has 36 heavy (non-hydrogen) atoms. The smallest absolute Gasteiger partial charge is 0.247 e. The lowest BCUT2D eigenvalue weighted by molar-refractivity contribution is -0.126. The summed E-state index contributed by atoms with van der Waals surface area (Å²) in [5.41, 5.74) is 0.785. The zero-order chi connectivity index (χ0) is 25.5. The van der Waals surface area contributed by atoms with E-state index in [-0.39, 0.29) is 17.7 Å². The number of anilines is 2. The lowest BCUT2D eigenvalue weighted by Crippen LogP contribution is -2.60. The Bertz CT molecular complexity index is 1060. The molecule has 3 atom stereocenters. The molecule has 3 unspecified atom stereocenters. The van der Waals surface area contributed by atoms with Gasteiger partial charge in [-0.15, -0.1) is 0 Å². The van der Waals surface area contributed by atoms with Crippen LogP contribution in [0, 0.1) is 5.92 Å². The van der Waals surface area contributed by atoms with Gasteiger partial charge in [-0.2, -0.15) is 0 Å². The van der Waals surface area contributed by atoms with Crippen molar-refractivity contribution in [2.45, 2.75) is 70.0 Å². The minimum Gasteiger partial charge on any atom is -0.324 e. The van der Waals surface area contributed by atoms with Crippen molar-refractivity contribution in [3.05, 3.63) is 54.2 Å². The second-order valence-electron chi connectivity index (χ2n) is 10.1. The first-order valence-corrected chi connectivity index (χ1v) is 13.0. The van der Waals surface area contributed by atoms with Crippen molar-refractivity contribution in [1.29, 1.82) is 0 Å². The van der Waals surface area contributed by atoms with Gasteiger partial charge in [0, 0.05) is 24.8 Å². The molecule has 1 saturated carbocycles. The van der Waals surface area contributed by atoms with Gasteiger partial charge in [-0.1, -0.05) is 50.5 Å². The van der Waals surface area contributed by atoms with E-state index >= 15 is 0 Å². The Morgan fingerprint density at radius 1 is 1.14 bits per heavy atom. The van der Waals surface area contributed by atoms with Crippen LogP contribution in [-0.4, -0.2) is 53.8 Å². The van der Waals surface area contributed by atoms with Crippen LogP contribution in [0.1, 0.15) is 51.5 Å². The summed E-state index contributed by atoms with van der Waals surface area (Å²) in [6.07, 6.45) is 8.15. The molecule has 1 aromatic heterocycles. The van der Waals surface area contributed by atoms with Crippen molar-refractivity contribution in [2.24, 2.45) is 5.92 Å². The van der Waals surface area contributed by atoms with Crippen LogP contribution in [-0.2, 0) is 20.8 Å². The molecule has 0 saturated heterocycles. The predicted molar refractivity (Wildman–Crippen MR) is 141 cm³/mol. The van der Waals surface area contributed by atoms with E-state index in [1.165, 1.54) is 0 Å². The Kier molecular flexibility index (Phi) is 8.48. The maximum atomic E-state index is 14.3.